The Balaban J connectivity index is 3.63. The normalized spacial score (nSPS) is 15.5. The van der Waals surface area contributed by atoms with E-state index in [-0.39, 0.29) is 12.1 Å². The van der Waals surface area contributed by atoms with Crippen molar-refractivity contribution in [3.8, 4) is 0 Å². The van der Waals surface area contributed by atoms with E-state index < -0.39 is 6.09 Å². The first-order valence-corrected chi connectivity index (χ1v) is 3.83. The van der Waals surface area contributed by atoms with Crippen molar-refractivity contribution in [1.29, 1.82) is 0 Å². The van der Waals surface area contributed by atoms with Gasteiger partial charge in [0.1, 0.15) is 0 Å². The highest BCUT2D eigenvalue weighted by Gasteiger charge is 2.12. The molecule has 0 bridgehead atoms. The van der Waals surface area contributed by atoms with E-state index in [1.807, 2.05) is 6.92 Å². The van der Waals surface area contributed by atoms with Crippen LogP contribution in [0, 0.1) is 0 Å². The Morgan fingerprint density at radius 2 is 2.27 bits per heavy atom. The molecule has 0 aliphatic rings. The lowest BCUT2D eigenvalue weighted by molar-refractivity contribution is 0.188. The average molecular weight is 160 g/mol. The molecule has 0 aromatic rings. The van der Waals surface area contributed by atoms with Gasteiger partial charge < -0.3 is 16.2 Å². The van der Waals surface area contributed by atoms with Gasteiger partial charge in [0.15, 0.2) is 0 Å². The van der Waals surface area contributed by atoms with Crippen LogP contribution in [0.15, 0.2) is 0 Å². The standard InChI is InChI=1S/C7H16N2O2/c1-3-4-6(8)5(2)9-7(10)11/h5-6,9H,3-4,8H2,1-2H3,(H,10,11)/t5-,6-/m0/s1. The van der Waals surface area contributed by atoms with Crippen LogP contribution in [0.1, 0.15) is 26.7 Å². The molecule has 0 aromatic heterocycles. The molecule has 1 amide bonds. The largest absolute Gasteiger partial charge is 0.465 e. The summed E-state index contributed by atoms with van der Waals surface area (Å²) < 4.78 is 0. The SMILES string of the molecule is CCC[C@H](N)[C@H](C)NC(=O)O. The lowest BCUT2D eigenvalue weighted by Crippen LogP contribution is -2.44. The Morgan fingerprint density at radius 1 is 1.73 bits per heavy atom. The highest BCUT2D eigenvalue weighted by Crippen LogP contribution is 1.98. The van der Waals surface area contributed by atoms with E-state index in [1.54, 1.807) is 6.92 Å². The fraction of sp³-hybridized carbons (Fsp3) is 0.857. The van der Waals surface area contributed by atoms with Crippen LogP contribution in [0.2, 0.25) is 0 Å². The van der Waals surface area contributed by atoms with Crippen molar-refractivity contribution < 1.29 is 9.90 Å². The highest BCUT2D eigenvalue weighted by molar-refractivity contribution is 5.64. The molecule has 0 aliphatic carbocycles. The summed E-state index contributed by atoms with van der Waals surface area (Å²) in [6.07, 6.45) is 0.817. The van der Waals surface area contributed by atoms with Crippen LogP contribution >= 0.6 is 0 Å². The third-order valence-corrected chi connectivity index (χ3v) is 1.62. The molecule has 0 saturated heterocycles. The Kier molecular flexibility index (Phi) is 4.61. The molecule has 0 spiro atoms. The Hall–Kier alpha value is -0.770. The molecule has 2 atom stereocenters. The summed E-state index contributed by atoms with van der Waals surface area (Å²) in [7, 11) is 0. The predicted octanol–water partition coefficient (Wildman–Crippen LogP) is 0.770. The summed E-state index contributed by atoms with van der Waals surface area (Å²) in [6, 6.07) is -0.233. The van der Waals surface area contributed by atoms with Gasteiger partial charge in [0.2, 0.25) is 0 Å². The number of carboxylic acid groups (broad SMARTS) is 1. The molecular formula is C7H16N2O2. The summed E-state index contributed by atoms with van der Waals surface area (Å²) in [5.41, 5.74) is 5.65. The van der Waals surface area contributed by atoms with Gasteiger partial charge in [-0.2, -0.15) is 0 Å². The summed E-state index contributed by atoms with van der Waals surface area (Å²) in [4.78, 5) is 10.2. The third-order valence-electron chi connectivity index (χ3n) is 1.62. The average Bonchev–Trinajstić information content (AvgIpc) is 1.86. The van der Waals surface area contributed by atoms with Crippen LogP contribution in [-0.2, 0) is 0 Å². The number of nitrogens with one attached hydrogen (secondary N) is 1. The van der Waals surface area contributed by atoms with Gasteiger partial charge in [-0.05, 0) is 13.3 Å². The van der Waals surface area contributed by atoms with E-state index in [0.717, 1.165) is 12.8 Å². The zero-order valence-electron chi connectivity index (χ0n) is 7.00. The first kappa shape index (κ1) is 10.2. The van der Waals surface area contributed by atoms with Gasteiger partial charge in [-0.15, -0.1) is 0 Å². The number of amides is 1. The van der Waals surface area contributed by atoms with Crippen molar-refractivity contribution in [3.63, 3.8) is 0 Å². The van der Waals surface area contributed by atoms with Crippen molar-refractivity contribution >= 4 is 6.09 Å². The number of carbonyl (C=O) groups is 1. The minimum absolute atomic E-state index is 0.0731. The molecule has 66 valence electrons. The van der Waals surface area contributed by atoms with Gasteiger partial charge in [-0.25, -0.2) is 4.79 Å². The second-order valence-corrected chi connectivity index (χ2v) is 2.69. The van der Waals surface area contributed by atoms with Crippen LogP contribution in [0.5, 0.6) is 0 Å². The topological polar surface area (TPSA) is 75.3 Å². The fourth-order valence-corrected chi connectivity index (χ4v) is 0.885. The molecule has 4 N–H and O–H groups in total. The van der Waals surface area contributed by atoms with Crippen LogP contribution in [-0.4, -0.2) is 23.3 Å². The number of nitrogens with two attached hydrogens (primary N) is 1. The number of hydrogen-bond acceptors (Lipinski definition) is 2. The Labute approximate surface area is 66.8 Å². The van der Waals surface area contributed by atoms with E-state index >= 15 is 0 Å². The van der Waals surface area contributed by atoms with Gasteiger partial charge >= 0.3 is 6.09 Å². The summed E-state index contributed by atoms with van der Waals surface area (Å²) in [5, 5.41) is 10.7. The van der Waals surface area contributed by atoms with Crippen molar-refractivity contribution in [2.24, 2.45) is 5.73 Å². The zero-order valence-corrected chi connectivity index (χ0v) is 7.00. The molecule has 11 heavy (non-hydrogen) atoms. The molecule has 0 rings (SSSR count). The van der Waals surface area contributed by atoms with Crippen molar-refractivity contribution in [3.05, 3.63) is 0 Å². The summed E-state index contributed by atoms with van der Waals surface area (Å²) in [5.74, 6) is 0. The van der Waals surface area contributed by atoms with Crippen LogP contribution < -0.4 is 11.1 Å². The van der Waals surface area contributed by atoms with E-state index in [1.165, 1.54) is 0 Å². The van der Waals surface area contributed by atoms with Crippen molar-refractivity contribution in [2.45, 2.75) is 38.8 Å². The highest BCUT2D eigenvalue weighted by atomic mass is 16.4. The van der Waals surface area contributed by atoms with Crippen LogP contribution in [0.25, 0.3) is 0 Å². The molecule has 0 heterocycles. The maximum absolute atomic E-state index is 10.2. The fourth-order valence-electron chi connectivity index (χ4n) is 0.885. The van der Waals surface area contributed by atoms with Crippen LogP contribution in [0.3, 0.4) is 0 Å². The van der Waals surface area contributed by atoms with E-state index in [9.17, 15) is 4.79 Å². The van der Waals surface area contributed by atoms with Gasteiger partial charge in [0.25, 0.3) is 0 Å². The number of hydrogen-bond donors (Lipinski definition) is 3. The van der Waals surface area contributed by atoms with Crippen molar-refractivity contribution in [2.75, 3.05) is 0 Å². The van der Waals surface area contributed by atoms with Crippen molar-refractivity contribution in [1.82, 2.24) is 5.32 Å². The Bertz CT molecular complexity index is 128. The first-order valence-electron chi connectivity index (χ1n) is 3.83. The summed E-state index contributed by atoms with van der Waals surface area (Å²) >= 11 is 0. The molecular weight excluding hydrogens is 144 g/mol. The third kappa shape index (κ3) is 4.61. The molecule has 0 aliphatic heterocycles. The molecule has 0 radical (unpaired) electrons. The minimum atomic E-state index is -1.01. The first-order chi connectivity index (χ1) is 5.07. The molecule has 0 saturated carbocycles. The molecule has 4 nitrogen and oxygen atoms in total. The second-order valence-electron chi connectivity index (χ2n) is 2.69. The molecule has 0 fully saturated rings. The monoisotopic (exact) mass is 160 g/mol. The van der Waals surface area contributed by atoms with Gasteiger partial charge in [0, 0.05) is 12.1 Å². The number of rotatable bonds is 4. The maximum Gasteiger partial charge on any atom is 0.404 e. The second kappa shape index (κ2) is 4.96. The van der Waals surface area contributed by atoms with E-state index in [4.69, 9.17) is 10.8 Å². The molecule has 0 unspecified atom stereocenters. The van der Waals surface area contributed by atoms with E-state index in [2.05, 4.69) is 5.32 Å². The van der Waals surface area contributed by atoms with Gasteiger partial charge in [-0.3, -0.25) is 0 Å². The smallest absolute Gasteiger partial charge is 0.404 e. The van der Waals surface area contributed by atoms with Gasteiger partial charge in [-0.1, -0.05) is 13.3 Å². The van der Waals surface area contributed by atoms with Crippen LogP contribution in [0.4, 0.5) is 4.79 Å². The molecule has 4 heteroatoms. The lowest BCUT2D eigenvalue weighted by atomic mass is 10.1. The van der Waals surface area contributed by atoms with E-state index in [0.29, 0.717) is 0 Å². The summed E-state index contributed by atoms with van der Waals surface area (Å²) in [6.45, 7) is 3.79. The predicted molar refractivity (Wildman–Crippen MR) is 43.5 cm³/mol. The molecule has 0 aromatic carbocycles. The maximum atomic E-state index is 10.2. The Morgan fingerprint density at radius 3 is 2.64 bits per heavy atom. The van der Waals surface area contributed by atoms with Gasteiger partial charge in [0.05, 0.1) is 0 Å². The zero-order chi connectivity index (χ0) is 8.85. The minimum Gasteiger partial charge on any atom is -0.465 e. The quantitative estimate of drug-likeness (QED) is 0.568. The lowest BCUT2D eigenvalue weighted by Gasteiger charge is -2.18.